The second kappa shape index (κ2) is 10.9. The smallest absolute Gasteiger partial charge is 0.410 e. The molecule has 0 atom stereocenters. The number of carbonyl (C=O) groups is 1. The van der Waals surface area contributed by atoms with Crippen LogP contribution in [0.15, 0.2) is 72.1 Å². The van der Waals surface area contributed by atoms with E-state index >= 15 is 0 Å². The number of rotatable bonds is 6. The maximum absolute atomic E-state index is 13.6. The van der Waals surface area contributed by atoms with E-state index in [-0.39, 0.29) is 11.0 Å². The molecule has 0 aliphatic carbocycles. The number of fused-ring (bicyclic) bond motifs is 1. The third-order valence-corrected chi connectivity index (χ3v) is 8.75. The van der Waals surface area contributed by atoms with Crippen LogP contribution in [0.1, 0.15) is 39.2 Å². The molecule has 1 amide bonds. The van der Waals surface area contributed by atoms with Crippen molar-refractivity contribution in [2.24, 2.45) is 5.92 Å². The van der Waals surface area contributed by atoms with E-state index in [1.54, 1.807) is 54.0 Å². The number of aromatic nitrogens is 3. The van der Waals surface area contributed by atoms with Crippen LogP contribution < -0.4 is 5.32 Å². The number of pyridine rings is 2. The first-order chi connectivity index (χ1) is 19.0. The third kappa shape index (κ3) is 5.96. The minimum Gasteiger partial charge on any atom is -0.444 e. The molecule has 0 radical (unpaired) electrons. The predicted molar refractivity (Wildman–Crippen MR) is 156 cm³/mol. The minimum absolute atomic E-state index is 0.222. The summed E-state index contributed by atoms with van der Waals surface area (Å²) < 4.78 is 33.9. The number of anilines is 1. The van der Waals surface area contributed by atoms with Gasteiger partial charge in [0.05, 0.1) is 16.6 Å². The molecule has 0 saturated carbocycles. The number of piperidine rings is 1. The molecule has 9 nitrogen and oxygen atoms in total. The number of ether oxygens (including phenoxy) is 1. The Bertz CT molecular complexity index is 1620. The first-order valence-corrected chi connectivity index (χ1v) is 14.9. The normalized spacial score (nSPS) is 14.8. The summed E-state index contributed by atoms with van der Waals surface area (Å²) in [5.74, 6) is 1.11. The van der Waals surface area contributed by atoms with E-state index in [1.807, 2.05) is 45.9 Å². The molecule has 1 aliphatic rings. The van der Waals surface area contributed by atoms with E-state index in [0.717, 1.165) is 41.5 Å². The Morgan fingerprint density at radius 1 is 1.07 bits per heavy atom. The standard InChI is InChI=1S/C30H35N5O4S/c1-21-5-7-24(8-6-21)40(37,38)35-20-26(25-10-13-31-19-27(25)35)23-9-14-32-28(17-23)33-18-22-11-15-34(16-12-22)29(36)39-30(2,3)4/h5-10,13-14,17,19-20,22H,11-12,15-16,18H2,1-4H3,(H,32,33). The first-order valence-electron chi connectivity index (χ1n) is 13.5. The van der Waals surface area contributed by atoms with Crippen molar-refractivity contribution < 1.29 is 17.9 Å². The summed E-state index contributed by atoms with van der Waals surface area (Å²) in [6.45, 7) is 9.61. The van der Waals surface area contributed by atoms with Gasteiger partial charge >= 0.3 is 6.09 Å². The van der Waals surface area contributed by atoms with E-state index in [2.05, 4.69) is 15.3 Å². The summed E-state index contributed by atoms with van der Waals surface area (Å²) >= 11 is 0. The van der Waals surface area contributed by atoms with Gasteiger partial charge in [-0.05, 0) is 82.3 Å². The van der Waals surface area contributed by atoms with Crippen molar-refractivity contribution in [1.82, 2.24) is 18.8 Å². The van der Waals surface area contributed by atoms with Crippen molar-refractivity contribution in [1.29, 1.82) is 0 Å². The summed E-state index contributed by atoms with van der Waals surface area (Å²) in [4.78, 5) is 23.0. The van der Waals surface area contributed by atoms with Gasteiger partial charge in [-0.1, -0.05) is 17.7 Å². The van der Waals surface area contributed by atoms with Gasteiger partial charge < -0.3 is 15.0 Å². The predicted octanol–water partition coefficient (Wildman–Crippen LogP) is 5.70. The topological polar surface area (TPSA) is 106 Å². The van der Waals surface area contributed by atoms with Gasteiger partial charge in [0.25, 0.3) is 10.0 Å². The van der Waals surface area contributed by atoms with Gasteiger partial charge in [0.2, 0.25) is 0 Å². The minimum atomic E-state index is -3.82. The Morgan fingerprint density at radius 3 is 2.50 bits per heavy atom. The van der Waals surface area contributed by atoms with Crippen LogP contribution in [0.4, 0.5) is 10.6 Å². The van der Waals surface area contributed by atoms with Crippen LogP contribution in [0.5, 0.6) is 0 Å². The van der Waals surface area contributed by atoms with Crippen molar-refractivity contribution in [2.75, 3.05) is 25.0 Å². The molecule has 1 aromatic carbocycles. The first kappa shape index (κ1) is 27.6. The highest BCUT2D eigenvalue weighted by Crippen LogP contribution is 2.33. The number of aryl methyl sites for hydroxylation is 1. The monoisotopic (exact) mass is 561 g/mol. The highest BCUT2D eigenvalue weighted by Gasteiger charge is 2.27. The number of nitrogens with one attached hydrogen (secondary N) is 1. The Morgan fingerprint density at radius 2 is 1.80 bits per heavy atom. The van der Waals surface area contributed by atoms with Crippen LogP contribution in [-0.4, -0.2) is 58.6 Å². The van der Waals surface area contributed by atoms with Crippen molar-refractivity contribution in [3.05, 3.63) is 72.8 Å². The van der Waals surface area contributed by atoms with Crippen LogP contribution in [0.25, 0.3) is 22.0 Å². The molecule has 4 heterocycles. The van der Waals surface area contributed by atoms with Crippen LogP contribution in [0.2, 0.25) is 0 Å². The third-order valence-electron chi connectivity index (χ3n) is 7.06. The molecule has 0 bridgehead atoms. The molecule has 1 saturated heterocycles. The fraction of sp³-hybridized carbons (Fsp3) is 0.367. The molecular formula is C30H35N5O4S. The van der Waals surface area contributed by atoms with E-state index in [4.69, 9.17) is 4.74 Å². The highest BCUT2D eigenvalue weighted by molar-refractivity contribution is 7.90. The number of nitrogens with zero attached hydrogens (tertiary/aromatic N) is 4. The maximum Gasteiger partial charge on any atom is 0.410 e. The van der Waals surface area contributed by atoms with Crippen LogP contribution in [0.3, 0.4) is 0 Å². The van der Waals surface area contributed by atoms with Crippen LogP contribution in [0, 0.1) is 12.8 Å². The number of amides is 1. The molecule has 3 aromatic heterocycles. The molecule has 4 aromatic rings. The van der Waals surface area contributed by atoms with Crippen LogP contribution >= 0.6 is 0 Å². The zero-order valence-electron chi connectivity index (χ0n) is 23.3. The van der Waals surface area contributed by atoms with E-state index < -0.39 is 15.6 Å². The summed E-state index contributed by atoms with van der Waals surface area (Å²) in [5, 5.41) is 4.23. The number of hydrogen-bond donors (Lipinski definition) is 1. The molecule has 1 aliphatic heterocycles. The number of benzene rings is 1. The summed E-state index contributed by atoms with van der Waals surface area (Å²) in [6.07, 6.45) is 8.13. The van der Waals surface area contributed by atoms with Gasteiger partial charge in [0, 0.05) is 49.2 Å². The lowest BCUT2D eigenvalue weighted by atomic mass is 9.97. The summed E-state index contributed by atoms with van der Waals surface area (Å²) in [6, 6.07) is 12.5. The Kier molecular flexibility index (Phi) is 7.55. The fourth-order valence-electron chi connectivity index (χ4n) is 4.89. The van der Waals surface area contributed by atoms with Crippen LogP contribution in [-0.2, 0) is 14.8 Å². The molecule has 210 valence electrons. The average molecular weight is 562 g/mol. The SMILES string of the molecule is Cc1ccc(S(=O)(=O)n2cc(-c3ccnc(NCC4CCN(C(=O)OC(C)(C)C)CC4)c3)c3ccncc32)cc1. The molecule has 40 heavy (non-hydrogen) atoms. The fourth-order valence-corrected chi connectivity index (χ4v) is 6.24. The van der Waals surface area contributed by atoms with Crippen molar-refractivity contribution in [2.45, 2.75) is 51.0 Å². The molecular weight excluding hydrogens is 526 g/mol. The maximum atomic E-state index is 13.6. The lowest BCUT2D eigenvalue weighted by molar-refractivity contribution is 0.0188. The second-order valence-corrected chi connectivity index (χ2v) is 13.1. The van der Waals surface area contributed by atoms with Gasteiger partial charge in [-0.15, -0.1) is 0 Å². The molecule has 5 rings (SSSR count). The lowest BCUT2D eigenvalue weighted by Crippen LogP contribution is -2.42. The largest absolute Gasteiger partial charge is 0.444 e. The van der Waals surface area contributed by atoms with Gasteiger partial charge in [-0.3, -0.25) is 4.98 Å². The molecule has 0 unspecified atom stereocenters. The number of hydrogen-bond acceptors (Lipinski definition) is 7. The van der Waals surface area contributed by atoms with Gasteiger partial charge in [0.1, 0.15) is 11.4 Å². The molecule has 0 spiro atoms. The molecule has 10 heteroatoms. The van der Waals surface area contributed by atoms with Crippen molar-refractivity contribution in [3.8, 4) is 11.1 Å². The van der Waals surface area contributed by atoms with E-state index in [1.165, 1.54) is 3.97 Å². The van der Waals surface area contributed by atoms with E-state index in [9.17, 15) is 13.2 Å². The Labute approximate surface area is 235 Å². The zero-order chi connectivity index (χ0) is 28.5. The second-order valence-electron chi connectivity index (χ2n) is 11.3. The summed E-state index contributed by atoms with van der Waals surface area (Å²) in [7, 11) is -3.82. The van der Waals surface area contributed by atoms with E-state index in [0.29, 0.717) is 30.3 Å². The number of carbonyl (C=O) groups excluding carboxylic acids is 1. The molecule has 1 N–H and O–H groups in total. The summed E-state index contributed by atoms with van der Waals surface area (Å²) in [5.41, 5.74) is 2.64. The Hall–Kier alpha value is -3.92. The van der Waals surface area contributed by atoms with Gasteiger partial charge in [-0.2, -0.15) is 0 Å². The highest BCUT2D eigenvalue weighted by atomic mass is 32.2. The van der Waals surface area contributed by atoms with Crippen molar-refractivity contribution >= 4 is 32.8 Å². The van der Waals surface area contributed by atoms with Gasteiger partial charge in [0.15, 0.2) is 0 Å². The van der Waals surface area contributed by atoms with Gasteiger partial charge in [-0.25, -0.2) is 22.2 Å². The molecule has 1 fully saturated rings. The van der Waals surface area contributed by atoms with Crippen molar-refractivity contribution in [3.63, 3.8) is 0 Å². The number of likely N-dealkylation sites (tertiary alicyclic amines) is 1. The zero-order valence-corrected chi connectivity index (χ0v) is 24.1. The lowest BCUT2D eigenvalue weighted by Gasteiger charge is -2.33. The quantitative estimate of drug-likeness (QED) is 0.322. The Balaban J connectivity index is 1.32. The average Bonchev–Trinajstić information content (AvgIpc) is 3.32.